The fourth-order valence-electron chi connectivity index (χ4n) is 1.89. The molecule has 0 saturated carbocycles. The second kappa shape index (κ2) is 7.07. The summed E-state index contributed by atoms with van der Waals surface area (Å²) in [5.74, 6) is 0.0167. The van der Waals surface area contributed by atoms with Gasteiger partial charge in [0, 0.05) is 7.05 Å². The topological polar surface area (TPSA) is 61.8 Å². The van der Waals surface area contributed by atoms with Crippen molar-refractivity contribution in [3.8, 4) is 0 Å². The predicted octanol–water partition coefficient (Wildman–Crippen LogP) is 0.374. The first-order valence-corrected chi connectivity index (χ1v) is 6.67. The first-order chi connectivity index (χ1) is 8.47. The van der Waals surface area contributed by atoms with Crippen LogP contribution < -0.4 is 5.32 Å². The van der Waals surface area contributed by atoms with Crippen LogP contribution in [0.15, 0.2) is 0 Å². The van der Waals surface area contributed by atoms with Gasteiger partial charge in [0.05, 0.1) is 31.3 Å². The van der Waals surface area contributed by atoms with Crippen molar-refractivity contribution in [1.29, 1.82) is 0 Å². The Morgan fingerprint density at radius 2 is 2.06 bits per heavy atom. The molecule has 0 unspecified atom stereocenters. The Morgan fingerprint density at radius 3 is 2.61 bits per heavy atom. The lowest BCUT2D eigenvalue weighted by Crippen LogP contribution is -2.48. The minimum atomic E-state index is -0.508. The Morgan fingerprint density at radius 1 is 1.44 bits per heavy atom. The molecule has 0 atom stereocenters. The van der Waals surface area contributed by atoms with Crippen molar-refractivity contribution in [3.63, 3.8) is 0 Å². The second-order valence-corrected chi connectivity index (χ2v) is 5.49. The van der Waals surface area contributed by atoms with Crippen molar-refractivity contribution in [3.05, 3.63) is 0 Å². The lowest BCUT2D eigenvalue weighted by molar-refractivity contribution is -0.137. The summed E-state index contributed by atoms with van der Waals surface area (Å²) >= 11 is 0. The Bertz CT molecular complexity index is 263. The van der Waals surface area contributed by atoms with Crippen molar-refractivity contribution < 1.29 is 14.6 Å². The number of rotatable bonds is 6. The van der Waals surface area contributed by atoms with Crippen molar-refractivity contribution in [2.45, 2.75) is 44.8 Å². The van der Waals surface area contributed by atoms with Gasteiger partial charge in [-0.3, -0.25) is 4.79 Å². The number of ether oxygens (including phenoxy) is 1. The molecular weight excluding hydrogens is 232 g/mol. The molecule has 0 radical (unpaired) electrons. The average Bonchev–Trinajstić information content (AvgIpc) is 2.39. The highest BCUT2D eigenvalue weighted by Gasteiger charge is 2.26. The van der Waals surface area contributed by atoms with Gasteiger partial charge in [-0.2, -0.15) is 0 Å². The Labute approximate surface area is 109 Å². The molecule has 0 aromatic carbocycles. The zero-order valence-electron chi connectivity index (χ0n) is 11.7. The third kappa shape index (κ3) is 4.55. The van der Waals surface area contributed by atoms with Gasteiger partial charge >= 0.3 is 0 Å². The average molecular weight is 258 g/mol. The predicted molar refractivity (Wildman–Crippen MR) is 70.4 cm³/mol. The number of aliphatic hydroxyl groups is 1. The van der Waals surface area contributed by atoms with Crippen LogP contribution in [0.3, 0.4) is 0 Å². The molecule has 0 aromatic heterocycles. The summed E-state index contributed by atoms with van der Waals surface area (Å²) in [6, 6.07) is 0. The van der Waals surface area contributed by atoms with Gasteiger partial charge in [-0.15, -0.1) is 0 Å². The van der Waals surface area contributed by atoms with Gasteiger partial charge in [-0.05, 0) is 39.8 Å². The molecule has 5 nitrogen and oxygen atoms in total. The van der Waals surface area contributed by atoms with Gasteiger partial charge in [-0.1, -0.05) is 0 Å². The molecule has 1 heterocycles. The monoisotopic (exact) mass is 258 g/mol. The molecule has 0 bridgehead atoms. The molecule has 0 aliphatic carbocycles. The third-order valence-electron chi connectivity index (χ3n) is 3.62. The van der Waals surface area contributed by atoms with Gasteiger partial charge in [0.25, 0.3) is 0 Å². The van der Waals surface area contributed by atoms with Gasteiger partial charge < -0.3 is 20.1 Å². The largest absolute Gasteiger partial charge is 0.394 e. The van der Waals surface area contributed by atoms with Gasteiger partial charge in [0.2, 0.25) is 5.91 Å². The van der Waals surface area contributed by atoms with E-state index in [0.29, 0.717) is 13.0 Å². The van der Waals surface area contributed by atoms with Gasteiger partial charge in [0.1, 0.15) is 0 Å². The van der Waals surface area contributed by atoms with Crippen LogP contribution in [0.4, 0.5) is 0 Å². The first kappa shape index (κ1) is 15.4. The number of piperidine rings is 1. The van der Waals surface area contributed by atoms with Crippen LogP contribution in [-0.2, 0) is 9.53 Å². The summed E-state index contributed by atoms with van der Waals surface area (Å²) < 4.78 is 5.70. The molecule has 1 amide bonds. The van der Waals surface area contributed by atoms with Crippen molar-refractivity contribution in [1.82, 2.24) is 10.2 Å². The molecule has 106 valence electrons. The Hall–Kier alpha value is -0.650. The van der Waals surface area contributed by atoms with Crippen molar-refractivity contribution in [2.24, 2.45) is 0 Å². The fourth-order valence-corrected chi connectivity index (χ4v) is 1.89. The maximum atomic E-state index is 11.9. The zero-order valence-corrected chi connectivity index (χ0v) is 11.7. The van der Waals surface area contributed by atoms with Crippen LogP contribution in [0, 0.1) is 0 Å². The minimum absolute atomic E-state index is 0.0167. The van der Waals surface area contributed by atoms with E-state index < -0.39 is 5.54 Å². The lowest BCUT2D eigenvalue weighted by atomic mass is 10.0. The van der Waals surface area contributed by atoms with Crippen LogP contribution in [-0.4, -0.2) is 60.9 Å². The molecule has 18 heavy (non-hydrogen) atoms. The number of hydrogen-bond acceptors (Lipinski definition) is 4. The number of likely N-dealkylation sites (N-methyl/N-ethyl adjacent to an activating group) is 1. The van der Waals surface area contributed by atoms with E-state index in [9.17, 15) is 9.90 Å². The van der Waals surface area contributed by atoms with E-state index in [1.54, 1.807) is 11.9 Å². The number of amides is 1. The summed E-state index contributed by atoms with van der Waals surface area (Å²) in [7, 11) is 1.73. The Kier molecular flexibility index (Phi) is 6.05. The fraction of sp³-hybridized carbons (Fsp3) is 0.923. The molecule has 1 aliphatic rings. The maximum Gasteiger partial charge on any atom is 0.225 e. The highest BCUT2D eigenvalue weighted by atomic mass is 16.5. The van der Waals surface area contributed by atoms with Crippen molar-refractivity contribution >= 4 is 5.91 Å². The number of nitrogens with one attached hydrogen (secondary N) is 1. The number of aliphatic hydroxyl groups excluding tert-OH is 1. The number of carbonyl (C=O) groups is 1. The van der Waals surface area contributed by atoms with Crippen LogP contribution in [0.2, 0.25) is 0 Å². The van der Waals surface area contributed by atoms with Crippen LogP contribution in [0.1, 0.15) is 33.1 Å². The molecule has 1 aliphatic heterocycles. The van der Waals surface area contributed by atoms with E-state index in [0.717, 1.165) is 25.9 Å². The lowest BCUT2D eigenvalue weighted by Gasteiger charge is -2.34. The maximum absolute atomic E-state index is 11.9. The van der Waals surface area contributed by atoms with E-state index in [4.69, 9.17) is 4.74 Å². The SMILES string of the molecule is CN(C(=O)CCOC1CCNCC1)C(C)(C)CO. The van der Waals surface area contributed by atoms with Crippen LogP contribution in [0.5, 0.6) is 0 Å². The van der Waals surface area contributed by atoms with E-state index in [1.807, 2.05) is 13.8 Å². The molecule has 0 spiro atoms. The molecule has 0 aromatic rings. The van der Waals surface area contributed by atoms with Crippen LogP contribution in [0.25, 0.3) is 0 Å². The molecular formula is C13H26N2O3. The van der Waals surface area contributed by atoms with Crippen LogP contribution >= 0.6 is 0 Å². The molecule has 1 fully saturated rings. The number of nitrogens with zero attached hydrogens (tertiary/aromatic N) is 1. The second-order valence-electron chi connectivity index (χ2n) is 5.49. The van der Waals surface area contributed by atoms with E-state index >= 15 is 0 Å². The zero-order chi connectivity index (χ0) is 13.6. The Balaban J connectivity index is 2.24. The third-order valence-corrected chi connectivity index (χ3v) is 3.62. The number of hydrogen-bond donors (Lipinski definition) is 2. The quantitative estimate of drug-likeness (QED) is 0.723. The van der Waals surface area contributed by atoms with Gasteiger partial charge in [-0.25, -0.2) is 0 Å². The molecule has 2 N–H and O–H groups in total. The summed E-state index contributed by atoms with van der Waals surface area (Å²) in [6.45, 7) is 6.11. The standard InChI is InChI=1S/C13H26N2O3/c1-13(2,10-16)15(3)12(17)6-9-18-11-4-7-14-8-5-11/h11,14,16H,4-10H2,1-3H3. The summed E-state index contributed by atoms with van der Waals surface area (Å²) in [4.78, 5) is 13.5. The highest BCUT2D eigenvalue weighted by molar-refractivity contribution is 5.76. The summed E-state index contributed by atoms with van der Waals surface area (Å²) in [5, 5.41) is 12.5. The normalized spacial score (nSPS) is 17.8. The van der Waals surface area contributed by atoms with Crippen molar-refractivity contribution in [2.75, 3.05) is 33.4 Å². The summed E-state index contributed by atoms with van der Waals surface area (Å²) in [5.41, 5.74) is -0.508. The molecule has 1 rings (SSSR count). The van der Waals surface area contributed by atoms with Gasteiger partial charge in [0.15, 0.2) is 0 Å². The molecule has 5 heteroatoms. The summed E-state index contributed by atoms with van der Waals surface area (Å²) in [6.07, 6.45) is 2.71. The van der Waals surface area contributed by atoms with E-state index in [2.05, 4.69) is 5.32 Å². The smallest absolute Gasteiger partial charge is 0.225 e. The van der Waals surface area contributed by atoms with E-state index in [-0.39, 0.29) is 18.6 Å². The minimum Gasteiger partial charge on any atom is -0.394 e. The molecule has 1 saturated heterocycles. The first-order valence-electron chi connectivity index (χ1n) is 6.67. The van der Waals surface area contributed by atoms with E-state index in [1.165, 1.54) is 0 Å². The highest BCUT2D eigenvalue weighted by Crippen LogP contribution is 2.13. The number of carbonyl (C=O) groups excluding carboxylic acids is 1.